The van der Waals surface area contributed by atoms with Crippen molar-refractivity contribution in [2.45, 2.75) is 72.6 Å². The summed E-state index contributed by atoms with van der Waals surface area (Å²) in [7, 11) is 0. The van der Waals surface area contributed by atoms with E-state index < -0.39 is 11.7 Å². The van der Waals surface area contributed by atoms with Crippen LogP contribution in [0.2, 0.25) is 0 Å². The van der Waals surface area contributed by atoms with Gasteiger partial charge in [-0.25, -0.2) is 4.79 Å². The normalized spacial score (nSPS) is 19.9. The largest absolute Gasteiger partial charge is 0.444 e. The Labute approximate surface area is 181 Å². The molecular formula is C24H39N3O3. The number of rotatable bonds is 8. The summed E-state index contributed by atoms with van der Waals surface area (Å²) >= 11 is 0. The van der Waals surface area contributed by atoms with Crippen LogP contribution in [-0.2, 0) is 22.6 Å². The summed E-state index contributed by atoms with van der Waals surface area (Å²) in [6.07, 6.45) is 1.83. The monoisotopic (exact) mass is 417 g/mol. The van der Waals surface area contributed by atoms with Crippen molar-refractivity contribution in [2.75, 3.05) is 19.6 Å². The van der Waals surface area contributed by atoms with E-state index in [1.807, 2.05) is 20.8 Å². The van der Waals surface area contributed by atoms with Gasteiger partial charge in [-0.1, -0.05) is 38.1 Å². The molecule has 0 spiro atoms. The highest BCUT2D eigenvalue weighted by atomic mass is 16.6. The van der Waals surface area contributed by atoms with Crippen LogP contribution in [0, 0.1) is 11.8 Å². The Bertz CT molecular complexity index is 672. The van der Waals surface area contributed by atoms with Gasteiger partial charge in [0.15, 0.2) is 0 Å². The lowest BCUT2D eigenvalue weighted by Crippen LogP contribution is -2.38. The Morgan fingerprint density at radius 2 is 1.63 bits per heavy atom. The first kappa shape index (κ1) is 24.2. The fourth-order valence-corrected chi connectivity index (χ4v) is 3.98. The minimum Gasteiger partial charge on any atom is -0.444 e. The highest BCUT2D eigenvalue weighted by Gasteiger charge is 2.21. The molecule has 1 aromatic rings. The third kappa shape index (κ3) is 9.61. The third-order valence-corrected chi connectivity index (χ3v) is 5.11. The molecular weight excluding hydrogens is 378 g/mol. The molecule has 2 amide bonds. The molecule has 2 atom stereocenters. The van der Waals surface area contributed by atoms with Crippen LogP contribution in [0.1, 0.15) is 65.0 Å². The predicted molar refractivity (Wildman–Crippen MR) is 120 cm³/mol. The first-order chi connectivity index (χ1) is 14.1. The summed E-state index contributed by atoms with van der Waals surface area (Å²) in [5.74, 6) is 1.52. The molecule has 1 aliphatic heterocycles. The zero-order chi connectivity index (χ0) is 22.1. The molecule has 0 aliphatic carbocycles. The standard InChI is InChI=1S/C24H39N3O3/c1-18-13-19(2)16-27(15-18)17-21-10-8-20(9-11-21)14-26-22(28)7-6-12-25-23(29)30-24(3,4)5/h8-11,18-19H,6-7,12-17H2,1-5H3,(H,25,29)(H,26,28). The van der Waals surface area contributed by atoms with Crippen LogP contribution < -0.4 is 10.6 Å². The molecule has 0 radical (unpaired) electrons. The second-order valence-corrected chi connectivity index (χ2v) is 9.77. The van der Waals surface area contributed by atoms with Crippen molar-refractivity contribution in [1.82, 2.24) is 15.5 Å². The lowest BCUT2D eigenvalue weighted by atomic mass is 9.91. The Morgan fingerprint density at radius 1 is 1.03 bits per heavy atom. The molecule has 0 saturated carbocycles. The molecule has 1 fully saturated rings. The van der Waals surface area contributed by atoms with Crippen LogP contribution in [0.15, 0.2) is 24.3 Å². The van der Waals surface area contributed by atoms with E-state index >= 15 is 0 Å². The van der Waals surface area contributed by atoms with Crippen LogP contribution in [0.5, 0.6) is 0 Å². The van der Waals surface area contributed by atoms with Crippen LogP contribution in [0.4, 0.5) is 4.79 Å². The Morgan fingerprint density at radius 3 is 2.23 bits per heavy atom. The molecule has 1 heterocycles. The number of ether oxygens (including phenoxy) is 1. The fraction of sp³-hybridized carbons (Fsp3) is 0.667. The number of likely N-dealkylation sites (tertiary alicyclic amines) is 1. The molecule has 1 aromatic carbocycles. The van der Waals surface area contributed by atoms with E-state index in [0.29, 0.717) is 25.9 Å². The maximum absolute atomic E-state index is 12.0. The van der Waals surface area contributed by atoms with Crippen LogP contribution in [-0.4, -0.2) is 42.1 Å². The molecule has 1 aliphatic rings. The van der Waals surface area contributed by atoms with E-state index in [4.69, 9.17) is 4.74 Å². The predicted octanol–water partition coefficient (Wildman–Crippen LogP) is 4.09. The molecule has 1 saturated heterocycles. The Kier molecular flexibility index (Phi) is 9.15. The highest BCUT2D eigenvalue weighted by molar-refractivity contribution is 5.76. The first-order valence-corrected chi connectivity index (χ1v) is 11.1. The zero-order valence-corrected chi connectivity index (χ0v) is 19.3. The van der Waals surface area contributed by atoms with Crippen molar-refractivity contribution in [3.05, 3.63) is 35.4 Å². The molecule has 2 N–H and O–H groups in total. The average molecular weight is 418 g/mol. The van der Waals surface area contributed by atoms with Crippen LogP contribution >= 0.6 is 0 Å². The maximum atomic E-state index is 12.0. The van der Waals surface area contributed by atoms with Gasteiger partial charge in [-0.15, -0.1) is 0 Å². The maximum Gasteiger partial charge on any atom is 0.407 e. The van der Waals surface area contributed by atoms with Gasteiger partial charge in [0.2, 0.25) is 5.91 Å². The van der Waals surface area contributed by atoms with Crippen molar-refractivity contribution in [3.8, 4) is 0 Å². The number of piperidine rings is 1. The molecule has 30 heavy (non-hydrogen) atoms. The molecule has 2 rings (SSSR count). The fourth-order valence-electron chi connectivity index (χ4n) is 3.98. The number of nitrogens with zero attached hydrogens (tertiary/aromatic N) is 1. The van der Waals surface area contributed by atoms with Gasteiger partial charge in [0.1, 0.15) is 5.60 Å². The van der Waals surface area contributed by atoms with Gasteiger partial charge in [0.05, 0.1) is 0 Å². The van der Waals surface area contributed by atoms with E-state index in [9.17, 15) is 9.59 Å². The van der Waals surface area contributed by atoms with Crippen molar-refractivity contribution in [3.63, 3.8) is 0 Å². The van der Waals surface area contributed by atoms with Gasteiger partial charge >= 0.3 is 6.09 Å². The van der Waals surface area contributed by atoms with E-state index in [0.717, 1.165) is 23.9 Å². The van der Waals surface area contributed by atoms with Gasteiger partial charge in [0, 0.05) is 39.1 Å². The summed E-state index contributed by atoms with van der Waals surface area (Å²) in [6.45, 7) is 14.4. The second kappa shape index (κ2) is 11.3. The number of benzene rings is 1. The van der Waals surface area contributed by atoms with Crippen molar-refractivity contribution < 1.29 is 14.3 Å². The number of alkyl carbamates (subject to hydrolysis) is 1. The number of carbonyl (C=O) groups excluding carboxylic acids is 2. The van der Waals surface area contributed by atoms with Crippen molar-refractivity contribution >= 4 is 12.0 Å². The number of hydrogen-bond acceptors (Lipinski definition) is 4. The summed E-state index contributed by atoms with van der Waals surface area (Å²) in [4.78, 5) is 26.1. The Balaban J connectivity index is 1.63. The van der Waals surface area contributed by atoms with E-state index in [-0.39, 0.29) is 5.91 Å². The van der Waals surface area contributed by atoms with Gasteiger partial charge in [-0.2, -0.15) is 0 Å². The van der Waals surface area contributed by atoms with E-state index in [1.165, 1.54) is 25.1 Å². The first-order valence-electron chi connectivity index (χ1n) is 11.1. The third-order valence-electron chi connectivity index (χ3n) is 5.11. The number of amides is 2. The number of hydrogen-bond donors (Lipinski definition) is 2. The van der Waals surface area contributed by atoms with Crippen LogP contribution in [0.25, 0.3) is 0 Å². The molecule has 168 valence electrons. The minimum absolute atomic E-state index is 0.0126. The molecule has 0 aromatic heterocycles. The average Bonchev–Trinajstić information content (AvgIpc) is 2.62. The summed E-state index contributed by atoms with van der Waals surface area (Å²) < 4.78 is 5.16. The molecule has 6 heteroatoms. The lowest BCUT2D eigenvalue weighted by molar-refractivity contribution is -0.121. The van der Waals surface area contributed by atoms with Gasteiger partial charge in [0.25, 0.3) is 0 Å². The summed E-state index contributed by atoms with van der Waals surface area (Å²) in [5, 5.41) is 5.61. The van der Waals surface area contributed by atoms with E-state index in [1.54, 1.807) is 0 Å². The second-order valence-electron chi connectivity index (χ2n) is 9.77. The highest BCUT2D eigenvalue weighted by Crippen LogP contribution is 2.22. The molecule has 6 nitrogen and oxygen atoms in total. The number of carbonyl (C=O) groups is 2. The van der Waals surface area contributed by atoms with Gasteiger partial charge < -0.3 is 15.4 Å². The minimum atomic E-state index is -0.512. The number of nitrogens with one attached hydrogen (secondary N) is 2. The summed E-state index contributed by atoms with van der Waals surface area (Å²) in [5.41, 5.74) is 1.90. The SMILES string of the molecule is CC1CC(C)CN(Cc2ccc(CNC(=O)CCCNC(=O)OC(C)(C)C)cc2)C1. The lowest BCUT2D eigenvalue weighted by Gasteiger charge is -2.35. The summed E-state index contributed by atoms with van der Waals surface area (Å²) in [6, 6.07) is 8.51. The van der Waals surface area contributed by atoms with Gasteiger partial charge in [-0.3, -0.25) is 9.69 Å². The van der Waals surface area contributed by atoms with Crippen molar-refractivity contribution in [2.24, 2.45) is 11.8 Å². The smallest absolute Gasteiger partial charge is 0.407 e. The molecule has 2 unspecified atom stereocenters. The topological polar surface area (TPSA) is 70.7 Å². The quantitative estimate of drug-likeness (QED) is 0.625. The Hall–Kier alpha value is -2.08. The van der Waals surface area contributed by atoms with Crippen molar-refractivity contribution in [1.29, 1.82) is 0 Å². The van der Waals surface area contributed by atoms with E-state index in [2.05, 4.69) is 53.6 Å². The van der Waals surface area contributed by atoms with Crippen LogP contribution in [0.3, 0.4) is 0 Å². The van der Waals surface area contributed by atoms with Gasteiger partial charge in [-0.05, 0) is 56.6 Å². The molecule has 0 bridgehead atoms. The zero-order valence-electron chi connectivity index (χ0n) is 19.3.